The van der Waals surface area contributed by atoms with Crippen LogP contribution in [0.5, 0.6) is 0 Å². The van der Waals surface area contributed by atoms with E-state index >= 15 is 0 Å². The molecule has 4 N–H and O–H groups in total. The molecule has 0 atom stereocenters. The molecule has 2 heterocycles. The molecule has 27 heavy (non-hydrogen) atoms. The van der Waals surface area contributed by atoms with Gasteiger partial charge in [0, 0.05) is 32.2 Å². The number of anilines is 2. The molecule has 0 spiro atoms. The number of hydrogen-bond acceptors (Lipinski definition) is 6. The molecule has 1 aromatic rings. The highest BCUT2D eigenvalue weighted by Crippen LogP contribution is 2.31. The lowest BCUT2D eigenvalue weighted by atomic mass is 9.84. The lowest BCUT2D eigenvalue weighted by molar-refractivity contribution is 0.216. The number of halogens is 5. The second-order valence-electron chi connectivity index (χ2n) is 6.91. The van der Waals surface area contributed by atoms with E-state index in [1.54, 1.807) is 0 Å². The fourth-order valence-electron chi connectivity index (χ4n) is 3.66. The maximum atomic E-state index is 6.23. The van der Waals surface area contributed by atoms with E-state index in [4.69, 9.17) is 34.7 Å². The van der Waals surface area contributed by atoms with E-state index in [-0.39, 0.29) is 48.3 Å². The first-order chi connectivity index (χ1) is 11.5. The van der Waals surface area contributed by atoms with Gasteiger partial charge in [0.25, 0.3) is 0 Å². The van der Waals surface area contributed by atoms with Crippen LogP contribution >= 0.6 is 60.4 Å². The lowest BCUT2D eigenvalue weighted by Gasteiger charge is -2.36. The van der Waals surface area contributed by atoms with Gasteiger partial charge in [-0.1, -0.05) is 23.2 Å². The smallest absolute Gasteiger partial charge is 0.223 e. The van der Waals surface area contributed by atoms with E-state index < -0.39 is 0 Å². The zero-order valence-electron chi connectivity index (χ0n) is 15.1. The van der Waals surface area contributed by atoms with Crippen LogP contribution in [0.25, 0.3) is 0 Å². The molecular formula is C16H29Cl5N6. The van der Waals surface area contributed by atoms with Crippen molar-refractivity contribution < 1.29 is 0 Å². The third-order valence-corrected chi connectivity index (χ3v) is 5.95. The molecule has 1 saturated carbocycles. The molecule has 0 radical (unpaired) electrons. The first kappa shape index (κ1) is 27.0. The van der Waals surface area contributed by atoms with Gasteiger partial charge in [-0.2, -0.15) is 9.97 Å². The predicted molar refractivity (Wildman–Crippen MR) is 121 cm³/mol. The minimum absolute atomic E-state index is 0. The molecule has 0 aromatic carbocycles. The number of nitrogens with zero attached hydrogens (tertiary/aromatic N) is 4. The second kappa shape index (κ2) is 12.6. The molecule has 2 aliphatic rings. The van der Waals surface area contributed by atoms with Gasteiger partial charge in [-0.25, -0.2) is 0 Å². The van der Waals surface area contributed by atoms with Crippen molar-refractivity contribution in [1.29, 1.82) is 0 Å². The Morgan fingerprint density at radius 1 is 0.926 bits per heavy atom. The van der Waals surface area contributed by atoms with Crippen molar-refractivity contribution in [2.45, 2.75) is 38.1 Å². The molecule has 1 aliphatic heterocycles. The van der Waals surface area contributed by atoms with Gasteiger partial charge >= 0.3 is 0 Å². The van der Waals surface area contributed by atoms with Gasteiger partial charge in [0.2, 0.25) is 5.95 Å². The van der Waals surface area contributed by atoms with E-state index in [9.17, 15) is 0 Å². The average molecular weight is 483 g/mol. The standard InChI is InChI=1S/C16H26Cl2N6.3ClH/c17-13-14(18)21-16(20)22-15(13)24-9-7-23(8-10-24)6-5-11-1-3-12(19)4-2-11;;;/h11-12H,1-10,19H2,(H2,20,21,22);3*1H. The third-order valence-electron chi connectivity index (χ3n) is 5.23. The van der Waals surface area contributed by atoms with Gasteiger partial charge < -0.3 is 16.4 Å². The van der Waals surface area contributed by atoms with Crippen molar-refractivity contribution in [1.82, 2.24) is 14.9 Å². The van der Waals surface area contributed by atoms with Crippen molar-refractivity contribution in [3.8, 4) is 0 Å². The van der Waals surface area contributed by atoms with Crippen LogP contribution in [0.15, 0.2) is 0 Å². The Hall–Kier alpha value is 0.0500. The minimum Gasteiger partial charge on any atom is -0.368 e. The van der Waals surface area contributed by atoms with Gasteiger partial charge in [-0.3, -0.25) is 4.90 Å². The third kappa shape index (κ3) is 7.42. The molecule has 2 fully saturated rings. The average Bonchev–Trinajstić information content (AvgIpc) is 2.58. The summed E-state index contributed by atoms with van der Waals surface area (Å²) < 4.78 is 0. The summed E-state index contributed by atoms with van der Waals surface area (Å²) in [6.45, 7) is 4.92. The first-order valence-corrected chi connectivity index (χ1v) is 9.50. The van der Waals surface area contributed by atoms with Crippen molar-refractivity contribution in [2.24, 2.45) is 11.7 Å². The van der Waals surface area contributed by atoms with Gasteiger partial charge in [0.15, 0.2) is 11.0 Å². The van der Waals surface area contributed by atoms with Gasteiger partial charge in [0.05, 0.1) is 0 Å². The molecule has 158 valence electrons. The molecule has 6 nitrogen and oxygen atoms in total. The summed E-state index contributed by atoms with van der Waals surface area (Å²) in [4.78, 5) is 12.8. The Labute approximate surface area is 190 Å². The summed E-state index contributed by atoms with van der Waals surface area (Å²) in [6, 6.07) is 0.432. The Kier molecular flexibility index (Phi) is 12.6. The SMILES string of the molecule is Cl.Cl.Cl.Nc1nc(Cl)c(Cl)c(N2CCN(CCC3CCC(N)CC3)CC2)n1. The largest absolute Gasteiger partial charge is 0.368 e. The topological polar surface area (TPSA) is 84.3 Å². The quantitative estimate of drug-likeness (QED) is 0.637. The summed E-state index contributed by atoms with van der Waals surface area (Å²) in [5.41, 5.74) is 11.7. The number of nitrogens with two attached hydrogens (primary N) is 2. The minimum atomic E-state index is 0. The van der Waals surface area contributed by atoms with Crippen LogP contribution in [0.4, 0.5) is 11.8 Å². The van der Waals surface area contributed by atoms with Crippen LogP contribution in [0.2, 0.25) is 10.2 Å². The van der Waals surface area contributed by atoms with E-state index in [2.05, 4.69) is 19.8 Å². The Morgan fingerprint density at radius 3 is 2.11 bits per heavy atom. The summed E-state index contributed by atoms with van der Waals surface area (Å²) in [5, 5.41) is 0.606. The van der Waals surface area contributed by atoms with Crippen LogP contribution in [0.3, 0.4) is 0 Å². The fourth-order valence-corrected chi connectivity index (χ4v) is 4.03. The lowest BCUT2D eigenvalue weighted by Crippen LogP contribution is -2.47. The summed E-state index contributed by atoms with van der Waals surface area (Å²) in [5.74, 6) is 1.66. The predicted octanol–water partition coefficient (Wildman–Crippen LogP) is 3.66. The number of aromatic nitrogens is 2. The zero-order chi connectivity index (χ0) is 17.1. The maximum absolute atomic E-state index is 6.23. The number of nitrogen functional groups attached to an aromatic ring is 1. The van der Waals surface area contributed by atoms with E-state index in [1.165, 1.54) is 32.1 Å². The van der Waals surface area contributed by atoms with Crippen LogP contribution < -0.4 is 16.4 Å². The Bertz CT molecular complexity index is 562. The van der Waals surface area contributed by atoms with Crippen LogP contribution in [-0.4, -0.2) is 53.6 Å². The molecule has 0 amide bonds. The van der Waals surface area contributed by atoms with E-state index in [0.717, 1.165) is 38.6 Å². The van der Waals surface area contributed by atoms with Gasteiger partial charge in [-0.15, -0.1) is 37.2 Å². The van der Waals surface area contributed by atoms with Crippen LogP contribution in [-0.2, 0) is 0 Å². The maximum Gasteiger partial charge on any atom is 0.223 e. The fraction of sp³-hybridized carbons (Fsp3) is 0.750. The molecule has 11 heteroatoms. The summed E-state index contributed by atoms with van der Waals surface area (Å²) in [6.07, 6.45) is 6.23. The van der Waals surface area contributed by atoms with Crippen LogP contribution in [0.1, 0.15) is 32.1 Å². The molecule has 0 bridgehead atoms. The monoisotopic (exact) mass is 480 g/mol. The number of piperazine rings is 1. The zero-order valence-corrected chi connectivity index (χ0v) is 19.1. The van der Waals surface area contributed by atoms with Gasteiger partial charge in [0.1, 0.15) is 5.02 Å². The molecular weight excluding hydrogens is 453 g/mol. The number of hydrogen-bond donors (Lipinski definition) is 2. The van der Waals surface area contributed by atoms with Crippen molar-refractivity contribution in [2.75, 3.05) is 43.4 Å². The van der Waals surface area contributed by atoms with Crippen LogP contribution in [0, 0.1) is 5.92 Å². The molecule has 1 aromatic heterocycles. The van der Waals surface area contributed by atoms with E-state index in [1.807, 2.05) is 0 Å². The molecule has 1 saturated heterocycles. The van der Waals surface area contributed by atoms with Gasteiger partial charge in [-0.05, 0) is 44.6 Å². The van der Waals surface area contributed by atoms with Crippen molar-refractivity contribution in [3.63, 3.8) is 0 Å². The molecule has 0 unspecified atom stereocenters. The van der Waals surface area contributed by atoms with Crippen molar-refractivity contribution in [3.05, 3.63) is 10.2 Å². The Balaban J connectivity index is 0.00000225. The highest BCUT2D eigenvalue weighted by atomic mass is 35.5. The van der Waals surface area contributed by atoms with E-state index in [0.29, 0.717) is 16.9 Å². The second-order valence-corrected chi connectivity index (χ2v) is 7.64. The molecule has 3 rings (SSSR count). The molecule has 1 aliphatic carbocycles. The summed E-state index contributed by atoms with van der Waals surface area (Å²) >= 11 is 12.2. The number of rotatable bonds is 4. The first-order valence-electron chi connectivity index (χ1n) is 8.74. The normalized spacial score (nSPS) is 23.0. The highest BCUT2D eigenvalue weighted by molar-refractivity contribution is 6.42. The highest BCUT2D eigenvalue weighted by Gasteiger charge is 2.24. The summed E-state index contributed by atoms with van der Waals surface area (Å²) in [7, 11) is 0. The van der Waals surface area contributed by atoms with Crippen molar-refractivity contribution >= 4 is 72.2 Å². The Morgan fingerprint density at radius 2 is 1.52 bits per heavy atom.